The van der Waals surface area contributed by atoms with Gasteiger partial charge in [-0.3, -0.25) is 4.68 Å². The molecule has 8 nitrogen and oxygen atoms in total. The van der Waals surface area contributed by atoms with Crippen LogP contribution in [0.3, 0.4) is 0 Å². The van der Waals surface area contributed by atoms with Crippen molar-refractivity contribution in [3.05, 3.63) is 82.6 Å². The molecule has 11 heteroatoms. The number of hydrogen-bond donors (Lipinski definition) is 2. The van der Waals surface area contributed by atoms with E-state index in [0.717, 1.165) is 65.5 Å². The Hall–Kier alpha value is -3.57. The quantitative estimate of drug-likeness (QED) is 0.186. The first-order valence-electron chi connectivity index (χ1n) is 13.1. The summed E-state index contributed by atoms with van der Waals surface area (Å²) in [6, 6.07) is 11.8. The second-order valence-electron chi connectivity index (χ2n) is 9.50. The van der Waals surface area contributed by atoms with Crippen molar-refractivity contribution in [3.63, 3.8) is 0 Å². The van der Waals surface area contributed by atoms with E-state index in [1.807, 2.05) is 16.8 Å². The molecule has 2 N–H and O–H groups in total. The summed E-state index contributed by atoms with van der Waals surface area (Å²) in [5.74, 6) is 0.968. The summed E-state index contributed by atoms with van der Waals surface area (Å²) < 4.78 is 26.4. The van der Waals surface area contributed by atoms with Crippen LogP contribution in [0.25, 0.3) is 20.7 Å². The molecule has 0 atom stereocenters. The summed E-state index contributed by atoms with van der Waals surface area (Å²) in [5, 5.41) is 13.1. The van der Waals surface area contributed by atoms with Gasteiger partial charge < -0.3 is 20.1 Å². The van der Waals surface area contributed by atoms with Gasteiger partial charge in [-0.2, -0.15) is 5.10 Å². The molecule has 0 saturated heterocycles. The number of methoxy groups -OCH3 is 1. The normalized spacial score (nSPS) is 12.4. The Labute approximate surface area is 240 Å². The molecule has 1 aliphatic rings. The van der Waals surface area contributed by atoms with Crippen LogP contribution in [0.5, 0.6) is 5.75 Å². The summed E-state index contributed by atoms with van der Waals surface area (Å²) in [4.78, 5) is 11.3. The molecule has 0 fully saturated rings. The van der Waals surface area contributed by atoms with Gasteiger partial charge in [-0.05, 0) is 54.3 Å². The number of hydrogen-bond acceptors (Lipinski definition) is 8. The Morgan fingerprint density at radius 1 is 1.12 bits per heavy atom. The molecule has 0 spiro atoms. The van der Waals surface area contributed by atoms with Gasteiger partial charge in [-0.25, -0.2) is 14.4 Å². The maximum absolute atomic E-state index is 13.5. The summed E-state index contributed by atoms with van der Waals surface area (Å²) in [5.41, 5.74) is 5.06. The van der Waals surface area contributed by atoms with Crippen LogP contribution in [0.2, 0.25) is 5.02 Å². The molecular formula is C29H28ClFN6O2S. The van der Waals surface area contributed by atoms with Crippen LogP contribution >= 0.6 is 22.9 Å². The van der Waals surface area contributed by atoms with E-state index in [1.165, 1.54) is 28.1 Å². The van der Waals surface area contributed by atoms with E-state index in [1.54, 1.807) is 43.0 Å². The number of benzene rings is 2. The minimum absolute atomic E-state index is 0.223. The lowest BCUT2D eigenvalue weighted by Gasteiger charge is -2.13. The Morgan fingerprint density at radius 3 is 2.90 bits per heavy atom. The summed E-state index contributed by atoms with van der Waals surface area (Å²) >= 11 is 8.21. The molecule has 0 bridgehead atoms. The maximum atomic E-state index is 13.5. The van der Waals surface area contributed by atoms with Crippen LogP contribution in [0.1, 0.15) is 16.8 Å². The molecule has 3 heterocycles. The SMILES string of the molecule is COCCNCCn1cc2c(n1)CCc1c-2sc2ncnc(Nc3ccc(OCc4cccc(F)c4)c(Cl)c3)c12. The third-order valence-electron chi connectivity index (χ3n) is 6.76. The number of ether oxygens (including phenoxy) is 2. The monoisotopic (exact) mass is 578 g/mol. The van der Waals surface area contributed by atoms with E-state index in [0.29, 0.717) is 17.4 Å². The average Bonchev–Trinajstić information content (AvgIpc) is 3.54. The molecule has 5 aromatic rings. The minimum atomic E-state index is -0.297. The number of anilines is 2. The fraction of sp³-hybridized carbons (Fsp3) is 0.276. The first kappa shape index (κ1) is 26.6. The van der Waals surface area contributed by atoms with Crippen molar-refractivity contribution in [1.82, 2.24) is 25.1 Å². The molecule has 206 valence electrons. The fourth-order valence-electron chi connectivity index (χ4n) is 4.85. The molecule has 0 amide bonds. The van der Waals surface area contributed by atoms with Crippen molar-refractivity contribution < 1.29 is 13.9 Å². The number of halogens is 2. The van der Waals surface area contributed by atoms with Gasteiger partial charge in [0.1, 0.15) is 35.1 Å². The summed E-state index contributed by atoms with van der Waals surface area (Å²) in [7, 11) is 1.70. The van der Waals surface area contributed by atoms with Crippen molar-refractivity contribution in [2.24, 2.45) is 0 Å². The molecular weight excluding hydrogens is 551 g/mol. The number of rotatable bonds is 11. The van der Waals surface area contributed by atoms with E-state index < -0.39 is 0 Å². The van der Waals surface area contributed by atoms with E-state index in [2.05, 4.69) is 26.8 Å². The minimum Gasteiger partial charge on any atom is -0.487 e. The fourth-order valence-corrected chi connectivity index (χ4v) is 6.31. The van der Waals surface area contributed by atoms with E-state index in [-0.39, 0.29) is 12.4 Å². The molecule has 40 heavy (non-hydrogen) atoms. The molecule has 2 aromatic carbocycles. The first-order chi connectivity index (χ1) is 19.6. The molecule has 0 saturated carbocycles. The van der Waals surface area contributed by atoms with E-state index in [4.69, 9.17) is 26.2 Å². The van der Waals surface area contributed by atoms with Crippen LogP contribution in [0.15, 0.2) is 55.0 Å². The number of nitrogens with zero attached hydrogens (tertiary/aromatic N) is 4. The van der Waals surface area contributed by atoms with E-state index >= 15 is 0 Å². The van der Waals surface area contributed by atoms with Gasteiger partial charge in [0, 0.05) is 42.5 Å². The smallest absolute Gasteiger partial charge is 0.142 e. The molecule has 0 aliphatic heterocycles. The van der Waals surface area contributed by atoms with Crippen LogP contribution in [0, 0.1) is 5.82 Å². The predicted octanol–water partition coefficient (Wildman–Crippen LogP) is 6.00. The topological polar surface area (TPSA) is 86.1 Å². The lowest BCUT2D eigenvalue weighted by Crippen LogP contribution is -2.23. The average molecular weight is 579 g/mol. The van der Waals surface area contributed by atoms with Crippen LogP contribution in [0.4, 0.5) is 15.9 Å². The number of thiophene rings is 1. The number of aryl methyl sites for hydroxylation is 2. The zero-order valence-corrected chi connectivity index (χ0v) is 23.5. The Bertz CT molecular complexity index is 1660. The first-order valence-corrected chi connectivity index (χ1v) is 14.2. The standard InChI is InChI=1S/C29H28ClFN6O2S/c1-38-12-10-32-9-11-37-15-22-24(36-37)7-6-21-26-28(33-17-34-29(26)40-27(21)22)35-20-5-8-25(23(30)14-20)39-16-18-3-2-4-19(31)13-18/h2-5,8,13-15,17,32H,6-7,9-12,16H2,1H3,(H,33,34,35). The van der Waals surface area contributed by atoms with Crippen LogP contribution < -0.4 is 15.4 Å². The molecule has 6 rings (SSSR count). The number of aromatic nitrogens is 4. The predicted molar refractivity (Wildman–Crippen MR) is 156 cm³/mol. The maximum Gasteiger partial charge on any atom is 0.142 e. The Morgan fingerprint density at radius 2 is 2.05 bits per heavy atom. The summed E-state index contributed by atoms with van der Waals surface area (Å²) in [6.07, 6.45) is 5.47. The van der Waals surface area contributed by atoms with Gasteiger partial charge >= 0.3 is 0 Å². The largest absolute Gasteiger partial charge is 0.487 e. The summed E-state index contributed by atoms with van der Waals surface area (Å²) in [6.45, 7) is 3.37. The Balaban J connectivity index is 1.20. The second kappa shape index (κ2) is 11.9. The Kier molecular flexibility index (Phi) is 7.92. The zero-order chi connectivity index (χ0) is 27.5. The van der Waals surface area contributed by atoms with Gasteiger partial charge in [0.15, 0.2) is 0 Å². The number of fused-ring (bicyclic) bond motifs is 5. The van der Waals surface area contributed by atoms with Crippen molar-refractivity contribution >= 4 is 44.7 Å². The van der Waals surface area contributed by atoms with Crippen molar-refractivity contribution in [3.8, 4) is 16.2 Å². The van der Waals surface area contributed by atoms with Gasteiger partial charge in [-0.15, -0.1) is 11.3 Å². The van der Waals surface area contributed by atoms with Gasteiger partial charge in [0.25, 0.3) is 0 Å². The van der Waals surface area contributed by atoms with Gasteiger partial charge in [0.2, 0.25) is 0 Å². The highest BCUT2D eigenvalue weighted by Gasteiger charge is 2.26. The second-order valence-corrected chi connectivity index (χ2v) is 10.9. The highest BCUT2D eigenvalue weighted by molar-refractivity contribution is 7.22. The van der Waals surface area contributed by atoms with Crippen LogP contribution in [-0.2, 0) is 30.7 Å². The lowest BCUT2D eigenvalue weighted by atomic mass is 9.95. The zero-order valence-electron chi connectivity index (χ0n) is 21.9. The lowest BCUT2D eigenvalue weighted by molar-refractivity contribution is 0.199. The number of nitrogens with one attached hydrogen (secondary N) is 2. The molecule has 3 aromatic heterocycles. The van der Waals surface area contributed by atoms with Crippen LogP contribution in [-0.4, -0.2) is 46.6 Å². The van der Waals surface area contributed by atoms with Crippen molar-refractivity contribution in [1.29, 1.82) is 0 Å². The molecule has 1 aliphatic carbocycles. The molecule has 0 unspecified atom stereocenters. The third kappa shape index (κ3) is 5.66. The van der Waals surface area contributed by atoms with E-state index in [9.17, 15) is 4.39 Å². The third-order valence-corrected chi connectivity index (χ3v) is 8.23. The highest BCUT2D eigenvalue weighted by Crippen LogP contribution is 2.45. The van der Waals surface area contributed by atoms with Gasteiger partial charge in [0.05, 0.1) is 29.3 Å². The van der Waals surface area contributed by atoms with Crippen molar-refractivity contribution in [2.45, 2.75) is 26.0 Å². The van der Waals surface area contributed by atoms with Crippen molar-refractivity contribution in [2.75, 3.05) is 32.1 Å². The van der Waals surface area contributed by atoms with Gasteiger partial charge in [-0.1, -0.05) is 23.7 Å². The molecule has 0 radical (unpaired) electrons. The highest BCUT2D eigenvalue weighted by atomic mass is 35.5.